The zero-order chi connectivity index (χ0) is 23.6. The number of nitrogens with zero attached hydrogens (tertiary/aromatic N) is 3. The Bertz CT molecular complexity index is 1170. The molecule has 0 aliphatic carbocycles. The number of piperazine rings is 1. The summed E-state index contributed by atoms with van der Waals surface area (Å²) in [6.07, 6.45) is 0. The van der Waals surface area contributed by atoms with E-state index in [1.807, 2.05) is 49.4 Å². The number of amidine groups is 1. The largest absolute Gasteiger partial charge is 0.369 e. The van der Waals surface area contributed by atoms with Gasteiger partial charge in [-0.25, -0.2) is 8.42 Å². The zero-order valence-corrected chi connectivity index (χ0v) is 21.0. The molecule has 1 N–H and O–H groups in total. The molecule has 176 valence electrons. The summed E-state index contributed by atoms with van der Waals surface area (Å²) < 4.78 is 28.2. The highest BCUT2D eigenvalue weighted by Crippen LogP contribution is 2.30. The lowest BCUT2D eigenvalue weighted by Gasteiger charge is -2.35. The third kappa shape index (κ3) is 5.42. The van der Waals surface area contributed by atoms with E-state index in [-0.39, 0.29) is 0 Å². The first kappa shape index (κ1) is 23.8. The second-order valence-corrected chi connectivity index (χ2v) is 10.9. The van der Waals surface area contributed by atoms with Crippen LogP contribution in [-0.4, -0.2) is 58.4 Å². The molecule has 1 fully saturated rings. The van der Waals surface area contributed by atoms with Crippen molar-refractivity contribution in [2.75, 3.05) is 44.2 Å². The first-order valence-corrected chi connectivity index (χ1v) is 13.2. The molecule has 2 heterocycles. The van der Waals surface area contributed by atoms with Crippen molar-refractivity contribution >= 4 is 38.1 Å². The lowest BCUT2D eigenvalue weighted by Crippen LogP contribution is -2.47. The number of hydrogen-bond acceptors (Lipinski definition) is 5. The van der Waals surface area contributed by atoms with Gasteiger partial charge in [-0.3, -0.25) is 14.6 Å². The summed E-state index contributed by atoms with van der Waals surface area (Å²) in [7, 11) is -3.60. The monoisotopic (exact) mass is 486 g/mol. The minimum Gasteiger partial charge on any atom is -0.369 e. The molecular formula is C25H31ClN4O2S. The highest BCUT2D eigenvalue weighted by molar-refractivity contribution is 8.00. The molecule has 0 spiro atoms. The normalized spacial score (nSPS) is 20.0. The number of benzene rings is 2. The SMILES string of the molecule is CC1=C(c2ccc(C(C)C)cc2)S(=O)(=O)NC1=NCCN1CCN(c2cccc(Cl)c2)CC1. The number of rotatable bonds is 6. The van der Waals surface area contributed by atoms with Gasteiger partial charge in [-0.1, -0.05) is 55.8 Å². The third-order valence-electron chi connectivity index (χ3n) is 6.27. The van der Waals surface area contributed by atoms with Gasteiger partial charge in [0, 0.05) is 49.0 Å². The van der Waals surface area contributed by atoms with Crippen LogP contribution < -0.4 is 9.62 Å². The van der Waals surface area contributed by atoms with Crippen molar-refractivity contribution in [3.05, 3.63) is 70.3 Å². The lowest BCUT2D eigenvalue weighted by atomic mass is 10.0. The second kappa shape index (κ2) is 9.87. The van der Waals surface area contributed by atoms with Gasteiger partial charge in [-0.2, -0.15) is 0 Å². The van der Waals surface area contributed by atoms with Gasteiger partial charge >= 0.3 is 0 Å². The summed E-state index contributed by atoms with van der Waals surface area (Å²) in [6.45, 7) is 11.1. The van der Waals surface area contributed by atoms with Gasteiger partial charge < -0.3 is 4.90 Å². The Morgan fingerprint density at radius 3 is 2.39 bits per heavy atom. The van der Waals surface area contributed by atoms with Crippen LogP contribution in [0.4, 0.5) is 5.69 Å². The van der Waals surface area contributed by atoms with Crippen molar-refractivity contribution in [3.63, 3.8) is 0 Å². The molecule has 2 aliphatic rings. The van der Waals surface area contributed by atoms with Crippen LogP contribution in [0.2, 0.25) is 5.02 Å². The number of halogens is 1. The number of anilines is 1. The summed E-state index contributed by atoms with van der Waals surface area (Å²) in [5.41, 5.74) is 3.71. The van der Waals surface area contributed by atoms with Crippen LogP contribution in [0.15, 0.2) is 59.1 Å². The number of sulfonamides is 1. The number of nitrogens with one attached hydrogen (secondary N) is 1. The predicted molar refractivity (Wildman–Crippen MR) is 138 cm³/mol. The molecule has 2 aliphatic heterocycles. The maximum absolute atomic E-state index is 12.8. The van der Waals surface area contributed by atoms with Gasteiger partial charge in [-0.05, 0) is 42.2 Å². The minimum atomic E-state index is -3.60. The van der Waals surface area contributed by atoms with Crippen molar-refractivity contribution in [2.45, 2.75) is 26.7 Å². The van der Waals surface area contributed by atoms with E-state index in [0.717, 1.165) is 43.4 Å². The van der Waals surface area contributed by atoms with Gasteiger partial charge in [0.05, 0.1) is 6.54 Å². The molecule has 0 bridgehead atoms. The molecule has 6 nitrogen and oxygen atoms in total. The molecule has 2 aromatic carbocycles. The molecule has 0 saturated carbocycles. The van der Waals surface area contributed by atoms with Crippen LogP contribution in [0.1, 0.15) is 37.8 Å². The van der Waals surface area contributed by atoms with E-state index in [2.05, 4.69) is 39.4 Å². The highest BCUT2D eigenvalue weighted by Gasteiger charge is 2.32. The van der Waals surface area contributed by atoms with E-state index in [1.54, 1.807) is 0 Å². The van der Waals surface area contributed by atoms with Gasteiger partial charge in [0.25, 0.3) is 10.0 Å². The molecule has 33 heavy (non-hydrogen) atoms. The maximum Gasteiger partial charge on any atom is 0.264 e. The average molecular weight is 487 g/mol. The maximum atomic E-state index is 12.8. The second-order valence-electron chi connectivity index (χ2n) is 8.88. The number of aliphatic imine (C=N–C) groups is 1. The Hall–Kier alpha value is -2.35. The standard InChI is InChI=1S/C25H31ClN4O2S/c1-18(2)20-7-9-21(10-8-20)24-19(3)25(28-33(24,31)32)27-11-12-29-13-15-30(16-14-29)23-6-4-5-22(26)17-23/h4-10,17-18H,11-16H2,1-3H3,(H,27,28). The molecule has 8 heteroatoms. The fourth-order valence-corrected chi connectivity index (χ4v) is 6.02. The summed E-state index contributed by atoms with van der Waals surface area (Å²) in [4.78, 5) is 9.62. The molecule has 4 rings (SSSR count). The van der Waals surface area contributed by atoms with E-state index >= 15 is 0 Å². The van der Waals surface area contributed by atoms with Crippen LogP contribution in [0.5, 0.6) is 0 Å². The molecule has 0 radical (unpaired) electrons. The van der Waals surface area contributed by atoms with Crippen molar-refractivity contribution in [1.82, 2.24) is 9.62 Å². The van der Waals surface area contributed by atoms with E-state index in [0.29, 0.717) is 34.3 Å². The van der Waals surface area contributed by atoms with Gasteiger partial charge in [0.15, 0.2) is 0 Å². The van der Waals surface area contributed by atoms with Crippen molar-refractivity contribution in [2.24, 2.45) is 4.99 Å². The molecular weight excluding hydrogens is 456 g/mol. The quantitative estimate of drug-likeness (QED) is 0.659. The van der Waals surface area contributed by atoms with Crippen LogP contribution in [0, 0.1) is 0 Å². The van der Waals surface area contributed by atoms with Crippen molar-refractivity contribution in [3.8, 4) is 0 Å². The predicted octanol–water partition coefficient (Wildman–Crippen LogP) is 4.35. The Balaban J connectivity index is 1.38. The minimum absolute atomic E-state index is 0.326. The fourth-order valence-electron chi connectivity index (χ4n) is 4.31. The molecule has 0 atom stereocenters. The molecule has 2 aromatic rings. The van der Waals surface area contributed by atoms with E-state index in [4.69, 9.17) is 11.6 Å². The topological polar surface area (TPSA) is 65.0 Å². The van der Waals surface area contributed by atoms with Gasteiger partial charge in [-0.15, -0.1) is 0 Å². The summed E-state index contributed by atoms with van der Waals surface area (Å²) in [5, 5.41) is 0.753. The van der Waals surface area contributed by atoms with Crippen molar-refractivity contribution in [1.29, 1.82) is 0 Å². The third-order valence-corrected chi connectivity index (χ3v) is 8.04. The molecule has 0 aromatic heterocycles. The smallest absolute Gasteiger partial charge is 0.264 e. The van der Waals surface area contributed by atoms with E-state index in [9.17, 15) is 8.42 Å². The Labute approximate surface area is 202 Å². The van der Waals surface area contributed by atoms with Crippen LogP contribution in [0.25, 0.3) is 4.91 Å². The Morgan fingerprint density at radius 1 is 1.06 bits per heavy atom. The highest BCUT2D eigenvalue weighted by atomic mass is 35.5. The van der Waals surface area contributed by atoms with Gasteiger partial charge in [0.2, 0.25) is 0 Å². The van der Waals surface area contributed by atoms with Crippen LogP contribution in [0.3, 0.4) is 0 Å². The fraction of sp³-hybridized carbons (Fsp3) is 0.400. The van der Waals surface area contributed by atoms with E-state index in [1.165, 1.54) is 5.56 Å². The Morgan fingerprint density at radius 2 is 1.76 bits per heavy atom. The molecule has 0 unspecified atom stereocenters. The molecule has 1 saturated heterocycles. The number of hydrogen-bond donors (Lipinski definition) is 1. The van der Waals surface area contributed by atoms with Crippen molar-refractivity contribution < 1.29 is 8.42 Å². The zero-order valence-electron chi connectivity index (χ0n) is 19.4. The van der Waals surface area contributed by atoms with Crippen LogP contribution in [-0.2, 0) is 10.0 Å². The Kier molecular flexibility index (Phi) is 7.12. The summed E-state index contributed by atoms with van der Waals surface area (Å²) >= 11 is 6.12. The van der Waals surface area contributed by atoms with E-state index < -0.39 is 10.0 Å². The summed E-state index contributed by atoms with van der Waals surface area (Å²) in [6, 6.07) is 15.7. The van der Waals surface area contributed by atoms with Crippen LogP contribution >= 0.6 is 11.6 Å². The van der Waals surface area contributed by atoms with Gasteiger partial charge in [0.1, 0.15) is 10.7 Å². The average Bonchev–Trinajstić information content (AvgIpc) is 3.02. The molecule has 0 amide bonds. The first-order chi connectivity index (χ1) is 15.7. The summed E-state index contributed by atoms with van der Waals surface area (Å²) in [5.74, 6) is 0.854. The lowest BCUT2D eigenvalue weighted by molar-refractivity contribution is 0.265. The first-order valence-electron chi connectivity index (χ1n) is 11.4.